The summed E-state index contributed by atoms with van der Waals surface area (Å²) in [5, 5.41) is 0. The first-order chi connectivity index (χ1) is 9.05. The maximum absolute atomic E-state index is 13.2. The van der Waals surface area contributed by atoms with Gasteiger partial charge in [0.2, 0.25) is 0 Å². The van der Waals surface area contributed by atoms with E-state index in [1.165, 1.54) is 0 Å². The van der Waals surface area contributed by atoms with Crippen molar-refractivity contribution in [3.05, 3.63) is 17.7 Å². The first-order valence-electron chi connectivity index (χ1n) is 6.73. The number of nitrogens with two attached hydrogens (primary N) is 1. The lowest BCUT2D eigenvalue weighted by Gasteiger charge is -2.35. The lowest BCUT2D eigenvalue weighted by molar-refractivity contribution is -0.0221. The van der Waals surface area contributed by atoms with Crippen molar-refractivity contribution in [2.24, 2.45) is 0 Å². The quantitative estimate of drug-likeness (QED) is 0.796. The van der Waals surface area contributed by atoms with Crippen LogP contribution in [0, 0.1) is 0 Å². The number of rotatable bonds is 1. The van der Waals surface area contributed by atoms with Crippen molar-refractivity contribution < 1.29 is 13.5 Å². The van der Waals surface area contributed by atoms with Crippen molar-refractivity contribution in [1.82, 2.24) is 0 Å². The second-order valence-corrected chi connectivity index (χ2v) is 5.32. The van der Waals surface area contributed by atoms with Crippen LogP contribution in [0.15, 0.2) is 12.1 Å². The van der Waals surface area contributed by atoms with E-state index in [-0.39, 0.29) is 12.8 Å². The van der Waals surface area contributed by atoms with Crippen LogP contribution in [0.25, 0.3) is 0 Å². The molecule has 2 aliphatic heterocycles. The summed E-state index contributed by atoms with van der Waals surface area (Å²) in [5.74, 6) is -1.69. The Morgan fingerprint density at radius 2 is 1.95 bits per heavy atom. The molecule has 2 aliphatic rings. The molecule has 2 N–H and O–H groups in total. The largest absolute Gasteiger partial charge is 0.491 e. The Balaban J connectivity index is 1.90. The molecule has 3 nitrogen and oxygen atoms in total. The van der Waals surface area contributed by atoms with E-state index in [1.807, 2.05) is 17.0 Å². The summed E-state index contributed by atoms with van der Waals surface area (Å²) >= 11 is 0. The topological polar surface area (TPSA) is 38.5 Å². The first kappa shape index (κ1) is 12.5. The van der Waals surface area contributed by atoms with Crippen LogP contribution in [-0.2, 0) is 6.42 Å². The van der Waals surface area contributed by atoms with E-state index in [4.69, 9.17) is 10.5 Å². The van der Waals surface area contributed by atoms with Crippen LogP contribution in [0.3, 0.4) is 0 Å². The van der Waals surface area contributed by atoms with Gasteiger partial charge in [0.1, 0.15) is 5.75 Å². The summed E-state index contributed by atoms with van der Waals surface area (Å²) in [7, 11) is 0. The van der Waals surface area contributed by atoms with Crippen LogP contribution in [0.4, 0.5) is 20.2 Å². The Bertz CT molecular complexity index is 481. The number of piperidine rings is 1. The summed E-state index contributed by atoms with van der Waals surface area (Å²) < 4.78 is 32.2. The monoisotopic (exact) mass is 268 g/mol. The highest BCUT2D eigenvalue weighted by molar-refractivity contribution is 5.69. The standard InChI is InChI=1S/C14H18F2N2O/c15-14(16)3-5-18(6-4-14)12-9-11(17)8-10-2-1-7-19-13(10)12/h8-9H,1-7,17H2. The molecule has 0 atom stereocenters. The molecule has 1 aromatic rings. The van der Waals surface area contributed by atoms with Crippen LogP contribution in [-0.4, -0.2) is 25.6 Å². The van der Waals surface area contributed by atoms with Gasteiger partial charge in [-0.1, -0.05) is 0 Å². The average molecular weight is 268 g/mol. The minimum Gasteiger partial charge on any atom is -0.491 e. The number of fused-ring (bicyclic) bond motifs is 1. The minimum atomic E-state index is -2.53. The van der Waals surface area contributed by atoms with Crippen molar-refractivity contribution in [2.45, 2.75) is 31.6 Å². The van der Waals surface area contributed by atoms with E-state index in [0.717, 1.165) is 29.8 Å². The fourth-order valence-corrected chi connectivity index (χ4v) is 2.80. The SMILES string of the molecule is Nc1cc2c(c(N3CCC(F)(F)CC3)c1)OCCC2. The molecule has 19 heavy (non-hydrogen) atoms. The van der Waals surface area contributed by atoms with Crippen LogP contribution in [0.1, 0.15) is 24.8 Å². The van der Waals surface area contributed by atoms with E-state index < -0.39 is 5.92 Å². The highest BCUT2D eigenvalue weighted by atomic mass is 19.3. The number of ether oxygens (including phenoxy) is 1. The summed E-state index contributed by atoms with van der Waals surface area (Å²) in [5.41, 5.74) is 8.57. The third kappa shape index (κ3) is 2.46. The zero-order valence-corrected chi connectivity index (χ0v) is 10.8. The molecule has 0 amide bonds. The Hall–Kier alpha value is -1.52. The number of aryl methyl sites for hydroxylation is 1. The third-order valence-electron chi connectivity index (χ3n) is 3.84. The zero-order valence-electron chi connectivity index (χ0n) is 10.8. The lowest BCUT2D eigenvalue weighted by atomic mass is 10.0. The molecule has 0 bridgehead atoms. The lowest BCUT2D eigenvalue weighted by Crippen LogP contribution is -2.39. The molecule has 0 radical (unpaired) electrons. The fraction of sp³-hybridized carbons (Fsp3) is 0.571. The van der Waals surface area contributed by atoms with E-state index in [1.54, 1.807) is 0 Å². The molecule has 5 heteroatoms. The summed E-state index contributed by atoms with van der Waals surface area (Å²) in [6.45, 7) is 1.40. The summed E-state index contributed by atoms with van der Waals surface area (Å²) in [6.07, 6.45) is 1.72. The number of benzene rings is 1. The molecule has 1 aromatic carbocycles. The van der Waals surface area contributed by atoms with Crippen LogP contribution >= 0.6 is 0 Å². The molecular formula is C14H18F2N2O. The Morgan fingerprint density at radius 3 is 2.68 bits per heavy atom. The number of alkyl halides is 2. The van der Waals surface area contributed by atoms with Crippen molar-refractivity contribution in [2.75, 3.05) is 30.3 Å². The second kappa shape index (κ2) is 4.54. The van der Waals surface area contributed by atoms with Crippen LogP contribution < -0.4 is 15.4 Å². The molecule has 0 saturated carbocycles. The summed E-state index contributed by atoms with van der Waals surface area (Å²) in [6, 6.07) is 3.77. The van der Waals surface area contributed by atoms with Gasteiger partial charge in [0.15, 0.2) is 0 Å². The highest BCUT2D eigenvalue weighted by Crippen LogP contribution is 2.40. The summed E-state index contributed by atoms with van der Waals surface area (Å²) in [4.78, 5) is 1.97. The van der Waals surface area contributed by atoms with Gasteiger partial charge in [-0.25, -0.2) is 8.78 Å². The predicted octanol–water partition coefficient (Wildman–Crippen LogP) is 2.83. The van der Waals surface area contributed by atoms with Gasteiger partial charge >= 0.3 is 0 Å². The zero-order chi connectivity index (χ0) is 13.5. The van der Waals surface area contributed by atoms with Gasteiger partial charge in [0, 0.05) is 31.6 Å². The van der Waals surface area contributed by atoms with E-state index in [2.05, 4.69) is 0 Å². The van der Waals surface area contributed by atoms with Crippen molar-refractivity contribution in [3.63, 3.8) is 0 Å². The van der Waals surface area contributed by atoms with Crippen LogP contribution in [0.5, 0.6) is 5.75 Å². The number of anilines is 2. The van der Waals surface area contributed by atoms with Crippen LogP contribution in [0.2, 0.25) is 0 Å². The number of hydrogen-bond donors (Lipinski definition) is 1. The maximum Gasteiger partial charge on any atom is 0.251 e. The van der Waals surface area contributed by atoms with E-state index in [9.17, 15) is 8.78 Å². The molecule has 2 heterocycles. The van der Waals surface area contributed by atoms with Crippen molar-refractivity contribution in [3.8, 4) is 5.75 Å². The molecular weight excluding hydrogens is 250 g/mol. The maximum atomic E-state index is 13.2. The molecule has 1 saturated heterocycles. The van der Waals surface area contributed by atoms with Crippen molar-refractivity contribution >= 4 is 11.4 Å². The molecule has 1 fully saturated rings. The van der Waals surface area contributed by atoms with Gasteiger partial charge in [-0.2, -0.15) is 0 Å². The first-order valence-corrected chi connectivity index (χ1v) is 6.73. The molecule has 0 aliphatic carbocycles. The fourth-order valence-electron chi connectivity index (χ4n) is 2.80. The van der Waals surface area contributed by atoms with Gasteiger partial charge in [-0.3, -0.25) is 0 Å². The number of nitrogens with zero attached hydrogens (tertiary/aromatic N) is 1. The van der Waals surface area contributed by atoms with Gasteiger partial charge in [0.25, 0.3) is 5.92 Å². The minimum absolute atomic E-state index is 0.101. The second-order valence-electron chi connectivity index (χ2n) is 5.32. The third-order valence-corrected chi connectivity index (χ3v) is 3.84. The average Bonchev–Trinajstić information content (AvgIpc) is 2.38. The normalized spacial score (nSPS) is 21.7. The Labute approximate surface area is 111 Å². The van der Waals surface area contributed by atoms with Gasteiger partial charge in [-0.15, -0.1) is 0 Å². The van der Waals surface area contributed by atoms with Crippen molar-refractivity contribution in [1.29, 1.82) is 0 Å². The highest BCUT2D eigenvalue weighted by Gasteiger charge is 2.35. The molecule has 0 unspecified atom stereocenters. The van der Waals surface area contributed by atoms with Gasteiger partial charge in [-0.05, 0) is 30.5 Å². The Kier molecular flexibility index (Phi) is 2.99. The number of nitrogen functional groups attached to an aromatic ring is 1. The predicted molar refractivity (Wildman–Crippen MR) is 71.1 cm³/mol. The van der Waals surface area contributed by atoms with Gasteiger partial charge < -0.3 is 15.4 Å². The Morgan fingerprint density at radius 1 is 1.21 bits per heavy atom. The van der Waals surface area contributed by atoms with E-state index >= 15 is 0 Å². The smallest absolute Gasteiger partial charge is 0.251 e. The molecule has 0 aromatic heterocycles. The molecule has 104 valence electrons. The van der Waals surface area contributed by atoms with E-state index in [0.29, 0.717) is 25.4 Å². The molecule has 0 spiro atoms. The molecule has 3 rings (SSSR count). The number of hydrogen-bond acceptors (Lipinski definition) is 3. The number of halogens is 2. The van der Waals surface area contributed by atoms with Gasteiger partial charge in [0.05, 0.1) is 12.3 Å².